The number of hydrogen-bond acceptors (Lipinski definition) is 6. The molecule has 3 aromatic rings. The first kappa shape index (κ1) is 22.0. The van der Waals surface area contributed by atoms with Gasteiger partial charge >= 0.3 is 0 Å². The molecule has 3 fully saturated rings. The highest BCUT2D eigenvalue weighted by Crippen LogP contribution is 2.43. The fraction of sp³-hybridized carbons (Fsp3) is 0.423. The molecule has 3 aliphatic rings. The number of benzene rings is 1. The van der Waals surface area contributed by atoms with Gasteiger partial charge in [0, 0.05) is 52.1 Å². The number of carbonyl (C=O) groups is 2. The number of carbonyl (C=O) groups excluding carboxylic acids is 2. The zero-order valence-corrected chi connectivity index (χ0v) is 20.5. The van der Waals surface area contributed by atoms with Crippen molar-refractivity contribution in [1.82, 2.24) is 15.2 Å². The summed E-state index contributed by atoms with van der Waals surface area (Å²) in [6, 6.07) is 9.00. The van der Waals surface area contributed by atoms with E-state index >= 15 is 0 Å². The van der Waals surface area contributed by atoms with E-state index in [-0.39, 0.29) is 17.9 Å². The largest absolute Gasteiger partial charge is 0.489 e. The Kier molecular flexibility index (Phi) is 5.59. The van der Waals surface area contributed by atoms with Crippen LogP contribution in [0.1, 0.15) is 49.0 Å². The molecule has 1 N–H and O–H groups in total. The van der Waals surface area contributed by atoms with Crippen molar-refractivity contribution >= 4 is 45.0 Å². The zero-order chi connectivity index (χ0) is 23.4. The molecule has 0 aliphatic carbocycles. The molecule has 2 amide bonds. The third-order valence-corrected chi connectivity index (χ3v) is 8.54. The quantitative estimate of drug-likeness (QED) is 0.490. The van der Waals surface area contributed by atoms with E-state index < -0.39 is 0 Å². The fourth-order valence-corrected chi connectivity index (χ4v) is 6.99. The van der Waals surface area contributed by atoms with Crippen LogP contribution in [0.3, 0.4) is 0 Å². The maximum Gasteiger partial charge on any atom is 0.230 e. The number of halogens is 1. The SMILES string of the molecule is Cc1cc(Cl)cc(-c2ccnc3cc(CN4C(=O)CCC4=O)sc23)c1O[C@H]1C[C@H]2CC[C@@H](C1)N2. The number of thiophene rings is 1. The van der Waals surface area contributed by atoms with Gasteiger partial charge in [0.05, 0.1) is 16.8 Å². The Morgan fingerprint density at radius 2 is 1.85 bits per heavy atom. The van der Waals surface area contributed by atoms with E-state index in [9.17, 15) is 9.59 Å². The lowest BCUT2D eigenvalue weighted by Gasteiger charge is -2.31. The van der Waals surface area contributed by atoms with Crippen molar-refractivity contribution in [2.75, 3.05) is 0 Å². The number of pyridine rings is 1. The minimum atomic E-state index is -0.104. The molecule has 1 aromatic carbocycles. The molecule has 176 valence electrons. The van der Waals surface area contributed by atoms with Crippen LogP contribution < -0.4 is 10.1 Å². The Balaban J connectivity index is 1.37. The van der Waals surface area contributed by atoms with Crippen LogP contribution in [0.5, 0.6) is 5.75 Å². The van der Waals surface area contributed by atoms with E-state index in [1.54, 1.807) is 17.5 Å². The van der Waals surface area contributed by atoms with E-state index in [4.69, 9.17) is 16.3 Å². The highest BCUT2D eigenvalue weighted by atomic mass is 35.5. The number of aromatic nitrogens is 1. The van der Waals surface area contributed by atoms with Crippen LogP contribution in [-0.4, -0.2) is 39.9 Å². The van der Waals surface area contributed by atoms with Gasteiger partial charge in [-0.15, -0.1) is 11.3 Å². The van der Waals surface area contributed by atoms with Crippen LogP contribution >= 0.6 is 22.9 Å². The second-order valence-corrected chi connectivity index (χ2v) is 11.2. The number of ether oxygens (including phenoxy) is 1. The van der Waals surface area contributed by atoms with Gasteiger partial charge in [-0.1, -0.05) is 11.6 Å². The molecule has 2 bridgehead atoms. The van der Waals surface area contributed by atoms with Gasteiger partial charge in [-0.25, -0.2) is 0 Å². The maximum atomic E-state index is 12.1. The van der Waals surface area contributed by atoms with Crippen LogP contribution in [-0.2, 0) is 16.1 Å². The minimum Gasteiger partial charge on any atom is -0.489 e. The van der Waals surface area contributed by atoms with Gasteiger partial charge in [0.25, 0.3) is 0 Å². The van der Waals surface area contributed by atoms with Gasteiger partial charge in [-0.05, 0) is 62.4 Å². The van der Waals surface area contributed by atoms with Crippen molar-refractivity contribution < 1.29 is 14.3 Å². The topological polar surface area (TPSA) is 71.5 Å². The number of likely N-dealkylation sites (tertiary alicyclic amines) is 1. The summed E-state index contributed by atoms with van der Waals surface area (Å²) in [6.45, 7) is 2.34. The number of rotatable bonds is 5. The molecule has 3 atom stereocenters. The highest BCUT2D eigenvalue weighted by molar-refractivity contribution is 7.19. The van der Waals surface area contributed by atoms with Crippen molar-refractivity contribution in [3.8, 4) is 16.9 Å². The summed E-state index contributed by atoms with van der Waals surface area (Å²) in [7, 11) is 0. The summed E-state index contributed by atoms with van der Waals surface area (Å²) in [5.41, 5.74) is 3.84. The highest BCUT2D eigenvalue weighted by Gasteiger charge is 2.35. The predicted molar refractivity (Wildman–Crippen MR) is 133 cm³/mol. The molecule has 0 spiro atoms. The summed E-state index contributed by atoms with van der Waals surface area (Å²) < 4.78 is 7.69. The number of hydrogen-bond donors (Lipinski definition) is 1. The molecule has 6 rings (SSSR count). The second kappa shape index (κ2) is 8.63. The summed E-state index contributed by atoms with van der Waals surface area (Å²) in [5, 5.41) is 4.35. The van der Waals surface area contributed by atoms with E-state index in [0.717, 1.165) is 50.4 Å². The summed E-state index contributed by atoms with van der Waals surface area (Å²) in [6.07, 6.45) is 7.06. The first-order chi connectivity index (χ1) is 16.4. The predicted octanol–water partition coefficient (Wildman–Crippen LogP) is 5.24. The first-order valence-corrected chi connectivity index (χ1v) is 13.1. The minimum absolute atomic E-state index is 0.104. The van der Waals surface area contributed by atoms with Crippen molar-refractivity contribution in [3.05, 3.63) is 45.9 Å². The summed E-state index contributed by atoms with van der Waals surface area (Å²) in [4.78, 5) is 31.1. The lowest BCUT2D eigenvalue weighted by molar-refractivity contribution is -0.138. The Hall–Kier alpha value is -2.48. The smallest absolute Gasteiger partial charge is 0.230 e. The number of imide groups is 1. The van der Waals surface area contributed by atoms with Crippen LogP contribution in [0.2, 0.25) is 5.02 Å². The van der Waals surface area contributed by atoms with Gasteiger partial charge in [0.15, 0.2) is 0 Å². The molecule has 0 saturated carbocycles. The van der Waals surface area contributed by atoms with E-state index in [0.29, 0.717) is 36.5 Å². The van der Waals surface area contributed by atoms with Gasteiger partial charge in [0.2, 0.25) is 11.8 Å². The molecule has 0 unspecified atom stereocenters. The van der Waals surface area contributed by atoms with Gasteiger partial charge in [-0.3, -0.25) is 19.5 Å². The normalized spacial score (nSPS) is 24.4. The Labute approximate surface area is 207 Å². The molecule has 8 heteroatoms. The third-order valence-electron chi connectivity index (χ3n) is 7.18. The summed E-state index contributed by atoms with van der Waals surface area (Å²) in [5.74, 6) is 0.670. The molecular weight excluding hydrogens is 470 g/mol. The standard InChI is InChI=1S/C26H26ClN3O3S/c1-14-8-15(27)9-21(25(14)33-18-10-16-2-3-17(11-18)29-16)20-6-7-28-22-12-19(34-26(20)22)13-30-23(31)4-5-24(30)32/h6-9,12,16-18,29H,2-5,10-11,13H2,1H3/t16-,17+,18+. The Morgan fingerprint density at radius 1 is 1.12 bits per heavy atom. The molecule has 0 radical (unpaired) electrons. The molecular formula is C26H26ClN3O3S. The van der Waals surface area contributed by atoms with E-state index in [1.807, 2.05) is 31.2 Å². The van der Waals surface area contributed by atoms with Crippen molar-refractivity contribution in [2.45, 2.75) is 70.2 Å². The third kappa shape index (κ3) is 4.00. The van der Waals surface area contributed by atoms with Crippen molar-refractivity contribution in [2.24, 2.45) is 0 Å². The monoisotopic (exact) mass is 495 g/mol. The second-order valence-electron chi connectivity index (χ2n) is 9.61. The van der Waals surface area contributed by atoms with Gasteiger partial charge in [0.1, 0.15) is 11.9 Å². The number of piperidine rings is 1. The van der Waals surface area contributed by atoms with E-state index in [2.05, 4.69) is 10.3 Å². The molecule has 34 heavy (non-hydrogen) atoms. The molecule has 3 saturated heterocycles. The Bertz CT molecular complexity index is 1280. The van der Waals surface area contributed by atoms with Crippen LogP contribution in [0.25, 0.3) is 21.3 Å². The van der Waals surface area contributed by atoms with Crippen molar-refractivity contribution in [3.63, 3.8) is 0 Å². The molecule has 2 aromatic heterocycles. The fourth-order valence-electron chi connectivity index (χ4n) is 5.59. The van der Waals surface area contributed by atoms with Crippen LogP contribution in [0, 0.1) is 6.92 Å². The zero-order valence-electron chi connectivity index (χ0n) is 19.0. The number of nitrogens with zero attached hydrogens (tertiary/aromatic N) is 2. The van der Waals surface area contributed by atoms with E-state index in [1.165, 1.54) is 17.7 Å². The van der Waals surface area contributed by atoms with Crippen LogP contribution in [0.4, 0.5) is 0 Å². The lowest BCUT2D eigenvalue weighted by atomic mass is 10.00. The molecule has 5 heterocycles. The average molecular weight is 496 g/mol. The first-order valence-electron chi connectivity index (χ1n) is 11.9. The molecule has 3 aliphatic heterocycles. The van der Waals surface area contributed by atoms with Gasteiger partial charge < -0.3 is 10.1 Å². The Morgan fingerprint density at radius 3 is 2.59 bits per heavy atom. The number of fused-ring (bicyclic) bond motifs is 3. The molecule has 6 nitrogen and oxygen atoms in total. The number of nitrogens with one attached hydrogen (secondary N) is 1. The summed E-state index contributed by atoms with van der Waals surface area (Å²) >= 11 is 8.08. The average Bonchev–Trinajstić information content (AvgIpc) is 3.47. The lowest BCUT2D eigenvalue weighted by Crippen LogP contribution is -2.42. The number of aryl methyl sites for hydroxylation is 1. The number of amides is 2. The van der Waals surface area contributed by atoms with Crippen LogP contribution in [0.15, 0.2) is 30.5 Å². The maximum absolute atomic E-state index is 12.1. The van der Waals surface area contributed by atoms with Crippen molar-refractivity contribution in [1.29, 1.82) is 0 Å². The van der Waals surface area contributed by atoms with Gasteiger partial charge in [-0.2, -0.15) is 0 Å².